The fraction of sp³-hybridized carbons (Fsp3) is 0.636. The third kappa shape index (κ3) is 4.35. The Morgan fingerprint density at radius 2 is 2.32 bits per heavy atom. The molecule has 2 heterocycles. The number of ether oxygens (including phenoxy) is 1. The fourth-order valence-corrected chi connectivity index (χ4v) is 2.46. The van der Waals surface area contributed by atoms with E-state index in [1.54, 1.807) is 6.07 Å². The maximum Gasteiger partial charge on any atom is 0.469 e. The van der Waals surface area contributed by atoms with E-state index in [-0.39, 0.29) is 6.42 Å². The summed E-state index contributed by atoms with van der Waals surface area (Å²) in [6.07, 6.45) is -1.13. The topological polar surface area (TPSA) is 143 Å². The number of phosphoric acid groups is 1. The Labute approximate surface area is 126 Å². The van der Waals surface area contributed by atoms with Gasteiger partial charge in [-0.1, -0.05) is 0 Å². The summed E-state index contributed by atoms with van der Waals surface area (Å²) in [5, 5.41) is 12.7. The minimum absolute atomic E-state index is 0.0946. The molecule has 0 amide bonds. The standard InChI is InChI=1S/C11H18N3O7P/c1-2-12-9-3-4-14(11(16)13-9)10-5-7(15)8(21-10)6-20-22(17,18)19/h3-4,7-8,10,15H,2,5-6H2,1H3,(H,12,13,16)(H2,17,18,19)/t7-,8+,10+/m0/s1. The minimum Gasteiger partial charge on any atom is -0.390 e. The number of aliphatic hydroxyl groups excluding tert-OH is 1. The molecule has 0 aromatic carbocycles. The Kier molecular flexibility index (Phi) is 5.32. The van der Waals surface area contributed by atoms with Gasteiger partial charge in [-0.25, -0.2) is 9.36 Å². The van der Waals surface area contributed by atoms with Crippen molar-refractivity contribution in [1.82, 2.24) is 9.55 Å². The number of phosphoric ester groups is 1. The van der Waals surface area contributed by atoms with E-state index in [0.717, 1.165) is 0 Å². The molecule has 10 nitrogen and oxygen atoms in total. The number of aliphatic hydroxyl groups is 1. The zero-order chi connectivity index (χ0) is 16.3. The lowest BCUT2D eigenvalue weighted by Gasteiger charge is -2.16. The number of hydrogen-bond donors (Lipinski definition) is 4. The first-order chi connectivity index (χ1) is 10.3. The van der Waals surface area contributed by atoms with E-state index in [1.165, 1.54) is 10.8 Å². The lowest BCUT2D eigenvalue weighted by molar-refractivity contribution is -0.0450. The van der Waals surface area contributed by atoms with Crippen LogP contribution in [0.25, 0.3) is 0 Å². The van der Waals surface area contributed by atoms with Crippen molar-refractivity contribution in [1.29, 1.82) is 0 Å². The summed E-state index contributed by atoms with van der Waals surface area (Å²) in [6.45, 7) is 2.02. The van der Waals surface area contributed by atoms with Crippen molar-refractivity contribution >= 4 is 13.6 Å². The molecule has 124 valence electrons. The van der Waals surface area contributed by atoms with E-state index in [2.05, 4.69) is 14.8 Å². The fourth-order valence-electron chi connectivity index (χ4n) is 2.12. The van der Waals surface area contributed by atoms with E-state index >= 15 is 0 Å². The number of nitrogens with zero attached hydrogens (tertiary/aromatic N) is 2. The molecular formula is C11H18N3O7P. The summed E-state index contributed by atoms with van der Waals surface area (Å²) in [4.78, 5) is 33.1. The molecule has 0 radical (unpaired) electrons. The van der Waals surface area contributed by atoms with Gasteiger partial charge in [0.05, 0.1) is 12.7 Å². The lowest BCUT2D eigenvalue weighted by Crippen LogP contribution is -2.28. The highest BCUT2D eigenvalue weighted by Crippen LogP contribution is 2.38. The summed E-state index contributed by atoms with van der Waals surface area (Å²) in [6, 6.07) is 1.60. The molecule has 0 saturated carbocycles. The average Bonchev–Trinajstić information content (AvgIpc) is 2.77. The predicted octanol–water partition coefficient (Wildman–Crippen LogP) is -0.567. The van der Waals surface area contributed by atoms with Crippen LogP contribution < -0.4 is 11.0 Å². The van der Waals surface area contributed by atoms with Crippen LogP contribution in [0.5, 0.6) is 0 Å². The van der Waals surface area contributed by atoms with Gasteiger partial charge in [-0.3, -0.25) is 9.09 Å². The van der Waals surface area contributed by atoms with Crippen LogP contribution in [-0.2, 0) is 13.8 Å². The summed E-state index contributed by atoms with van der Waals surface area (Å²) < 4.78 is 21.6. The van der Waals surface area contributed by atoms with Gasteiger partial charge in [0.1, 0.15) is 18.1 Å². The zero-order valence-corrected chi connectivity index (χ0v) is 12.7. The van der Waals surface area contributed by atoms with Gasteiger partial charge in [-0.2, -0.15) is 4.98 Å². The van der Waals surface area contributed by atoms with Gasteiger partial charge < -0.3 is 24.9 Å². The zero-order valence-electron chi connectivity index (χ0n) is 11.8. The van der Waals surface area contributed by atoms with E-state index in [9.17, 15) is 14.5 Å². The minimum atomic E-state index is -4.64. The molecule has 3 atom stereocenters. The molecule has 2 rings (SSSR count). The molecule has 22 heavy (non-hydrogen) atoms. The van der Waals surface area contributed by atoms with Crippen molar-refractivity contribution in [3.05, 3.63) is 22.7 Å². The second kappa shape index (κ2) is 6.86. The molecule has 0 bridgehead atoms. The Balaban J connectivity index is 2.05. The highest BCUT2D eigenvalue weighted by Gasteiger charge is 2.37. The molecule has 1 aromatic rings. The summed E-state index contributed by atoms with van der Waals surface area (Å²) >= 11 is 0. The van der Waals surface area contributed by atoms with Crippen LogP contribution >= 0.6 is 7.82 Å². The van der Waals surface area contributed by atoms with Crippen LogP contribution in [0.4, 0.5) is 5.82 Å². The van der Waals surface area contributed by atoms with E-state index in [1.807, 2.05) is 6.92 Å². The first-order valence-corrected chi connectivity index (χ1v) is 8.20. The van der Waals surface area contributed by atoms with Gasteiger partial charge in [0.25, 0.3) is 0 Å². The van der Waals surface area contributed by atoms with Gasteiger partial charge in [0.15, 0.2) is 0 Å². The van der Waals surface area contributed by atoms with Gasteiger partial charge >= 0.3 is 13.5 Å². The SMILES string of the molecule is CCNc1ccn([C@H]2C[C@H](O)[C@@H](COP(=O)(O)O)O2)c(=O)n1. The van der Waals surface area contributed by atoms with E-state index < -0.39 is 38.6 Å². The number of rotatable bonds is 6. The van der Waals surface area contributed by atoms with Gasteiger partial charge in [0, 0.05) is 19.2 Å². The summed E-state index contributed by atoms with van der Waals surface area (Å²) in [5.74, 6) is 0.434. The second-order valence-corrected chi connectivity index (χ2v) is 5.99. The molecule has 1 saturated heterocycles. The number of anilines is 1. The Morgan fingerprint density at radius 1 is 1.59 bits per heavy atom. The largest absolute Gasteiger partial charge is 0.469 e. The second-order valence-electron chi connectivity index (χ2n) is 4.75. The number of hydrogen-bond acceptors (Lipinski definition) is 7. The van der Waals surface area contributed by atoms with Crippen molar-refractivity contribution in [3.63, 3.8) is 0 Å². The first-order valence-electron chi connectivity index (χ1n) is 6.67. The van der Waals surface area contributed by atoms with E-state index in [4.69, 9.17) is 14.5 Å². The number of nitrogens with one attached hydrogen (secondary N) is 1. The van der Waals surface area contributed by atoms with Gasteiger partial charge in [-0.15, -0.1) is 0 Å². The molecule has 1 aliphatic heterocycles. The first kappa shape index (κ1) is 17.1. The van der Waals surface area contributed by atoms with Crippen LogP contribution in [0.3, 0.4) is 0 Å². The molecule has 0 spiro atoms. The van der Waals surface area contributed by atoms with Gasteiger partial charge in [-0.05, 0) is 13.0 Å². The quantitative estimate of drug-likeness (QED) is 0.503. The van der Waals surface area contributed by atoms with Crippen LogP contribution in [0, 0.1) is 0 Å². The van der Waals surface area contributed by atoms with Gasteiger partial charge in [0.2, 0.25) is 0 Å². The Bertz CT molecular complexity index is 616. The lowest BCUT2D eigenvalue weighted by atomic mass is 10.2. The van der Waals surface area contributed by atoms with Crippen LogP contribution in [0.2, 0.25) is 0 Å². The molecule has 1 aliphatic rings. The smallest absolute Gasteiger partial charge is 0.390 e. The Morgan fingerprint density at radius 3 is 2.91 bits per heavy atom. The average molecular weight is 335 g/mol. The third-order valence-corrected chi connectivity index (χ3v) is 3.59. The molecular weight excluding hydrogens is 317 g/mol. The monoisotopic (exact) mass is 335 g/mol. The summed E-state index contributed by atoms with van der Waals surface area (Å²) in [7, 11) is -4.64. The maximum atomic E-state index is 11.9. The molecule has 1 fully saturated rings. The molecule has 1 aromatic heterocycles. The van der Waals surface area contributed by atoms with Crippen LogP contribution in [0.15, 0.2) is 17.1 Å². The molecule has 4 N–H and O–H groups in total. The summed E-state index contributed by atoms with van der Waals surface area (Å²) in [5.41, 5.74) is -0.549. The molecule has 11 heteroatoms. The van der Waals surface area contributed by atoms with Crippen molar-refractivity contribution < 1.29 is 28.7 Å². The van der Waals surface area contributed by atoms with Crippen molar-refractivity contribution in [2.45, 2.75) is 31.8 Å². The highest BCUT2D eigenvalue weighted by molar-refractivity contribution is 7.46. The highest BCUT2D eigenvalue weighted by atomic mass is 31.2. The molecule has 0 aliphatic carbocycles. The van der Waals surface area contributed by atoms with Crippen molar-refractivity contribution in [2.75, 3.05) is 18.5 Å². The maximum absolute atomic E-state index is 11.9. The van der Waals surface area contributed by atoms with Crippen molar-refractivity contribution in [3.8, 4) is 0 Å². The normalized spacial score (nSPS) is 25.4. The van der Waals surface area contributed by atoms with Crippen molar-refractivity contribution in [2.24, 2.45) is 0 Å². The molecule has 0 unspecified atom stereocenters. The van der Waals surface area contributed by atoms with E-state index in [0.29, 0.717) is 12.4 Å². The Hall–Kier alpha value is -1.29. The van der Waals surface area contributed by atoms with Crippen LogP contribution in [-0.4, -0.2) is 49.8 Å². The van der Waals surface area contributed by atoms with Crippen LogP contribution in [0.1, 0.15) is 19.6 Å². The predicted molar refractivity (Wildman–Crippen MR) is 75.2 cm³/mol. The number of aromatic nitrogens is 2. The third-order valence-electron chi connectivity index (χ3n) is 3.11.